The predicted molar refractivity (Wildman–Crippen MR) is 124 cm³/mol. The number of ether oxygens (including phenoxy) is 1. The van der Waals surface area contributed by atoms with Gasteiger partial charge in [-0.1, -0.05) is 30.3 Å². The first kappa shape index (κ1) is 28.5. The lowest BCUT2D eigenvalue weighted by molar-refractivity contribution is -0.142. The molecule has 2 aromatic rings. The van der Waals surface area contributed by atoms with Crippen molar-refractivity contribution in [3.8, 4) is 0 Å². The quantitative estimate of drug-likeness (QED) is 0.206. The second kappa shape index (κ2) is 13.4. The van der Waals surface area contributed by atoms with Gasteiger partial charge in [-0.2, -0.15) is 0 Å². The number of hydrogen-bond acceptors (Lipinski definition) is 8. The first-order chi connectivity index (χ1) is 17.5. The number of nitrogens with zero attached hydrogens (tertiary/aromatic N) is 2. The molecule has 0 spiro atoms. The number of hydrogen-bond donors (Lipinski definition) is 5. The highest BCUT2D eigenvalue weighted by molar-refractivity contribution is 5.74. The number of carboxylic acids is 3. The number of benzene rings is 1. The van der Waals surface area contributed by atoms with E-state index in [2.05, 4.69) is 5.32 Å². The van der Waals surface area contributed by atoms with Crippen molar-refractivity contribution in [2.75, 3.05) is 6.54 Å². The highest BCUT2D eigenvalue weighted by atomic mass is 16.5. The minimum Gasteiger partial charge on any atom is -0.481 e. The van der Waals surface area contributed by atoms with Crippen molar-refractivity contribution in [3.63, 3.8) is 0 Å². The third kappa shape index (κ3) is 8.19. The summed E-state index contributed by atoms with van der Waals surface area (Å²) in [5.41, 5.74) is -3.48. The Bertz CT molecular complexity index is 1300. The zero-order valence-corrected chi connectivity index (χ0v) is 19.5. The first-order valence-corrected chi connectivity index (χ1v) is 11.1. The second-order valence-electron chi connectivity index (χ2n) is 7.88. The van der Waals surface area contributed by atoms with Gasteiger partial charge in [-0.05, 0) is 31.2 Å². The van der Waals surface area contributed by atoms with Gasteiger partial charge in [0.05, 0.1) is 0 Å². The largest absolute Gasteiger partial charge is 0.481 e. The first-order valence-electron chi connectivity index (χ1n) is 11.1. The number of nitrogens with one attached hydrogen (secondary N) is 2. The SMILES string of the molecule is O=C(O)CC[C@@H](C(=O)O)n1c(=O)[nH]c(=O)n(C(CCCCNC(=O)OCc2ccccc2)C(=O)O)c1=O. The Kier molecular flexibility index (Phi) is 10.3. The smallest absolute Gasteiger partial charge is 0.407 e. The van der Waals surface area contributed by atoms with Crippen LogP contribution in [0.5, 0.6) is 0 Å². The molecule has 2 rings (SSSR count). The van der Waals surface area contributed by atoms with Crippen LogP contribution in [0.25, 0.3) is 0 Å². The molecule has 15 heteroatoms. The molecular formula is C22H26N4O11. The van der Waals surface area contributed by atoms with E-state index in [-0.39, 0.29) is 41.5 Å². The van der Waals surface area contributed by atoms with Crippen molar-refractivity contribution in [2.24, 2.45) is 0 Å². The number of amides is 1. The third-order valence-electron chi connectivity index (χ3n) is 5.28. The van der Waals surface area contributed by atoms with Crippen LogP contribution in [-0.2, 0) is 25.7 Å². The molecule has 2 atom stereocenters. The number of unbranched alkanes of at least 4 members (excludes halogenated alkanes) is 1. The van der Waals surface area contributed by atoms with Crippen molar-refractivity contribution < 1.29 is 39.2 Å². The summed E-state index contributed by atoms with van der Waals surface area (Å²) in [6.45, 7) is 0.153. The number of carbonyl (C=O) groups is 4. The molecule has 1 heterocycles. The summed E-state index contributed by atoms with van der Waals surface area (Å²) in [6.07, 6.45) is -1.97. The summed E-state index contributed by atoms with van der Waals surface area (Å²) in [4.78, 5) is 85.1. The molecule has 37 heavy (non-hydrogen) atoms. The van der Waals surface area contributed by atoms with E-state index >= 15 is 0 Å². The third-order valence-corrected chi connectivity index (χ3v) is 5.28. The summed E-state index contributed by atoms with van der Waals surface area (Å²) < 4.78 is 5.37. The Morgan fingerprint density at radius 2 is 1.43 bits per heavy atom. The molecule has 0 aliphatic carbocycles. The van der Waals surface area contributed by atoms with E-state index in [1.807, 2.05) is 6.07 Å². The fourth-order valence-corrected chi connectivity index (χ4v) is 3.46. The summed E-state index contributed by atoms with van der Waals surface area (Å²) in [7, 11) is 0. The molecule has 0 radical (unpaired) electrons. The molecule has 0 saturated heterocycles. The van der Waals surface area contributed by atoms with E-state index in [0.29, 0.717) is 0 Å². The van der Waals surface area contributed by atoms with Crippen molar-refractivity contribution in [2.45, 2.75) is 50.8 Å². The Morgan fingerprint density at radius 1 is 0.865 bits per heavy atom. The summed E-state index contributed by atoms with van der Waals surface area (Å²) in [5, 5.41) is 30.3. The van der Waals surface area contributed by atoms with E-state index in [0.717, 1.165) is 5.56 Å². The summed E-state index contributed by atoms with van der Waals surface area (Å²) in [6, 6.07) is 5.23. The normalized spacial score (nSPS) is 12.3. The summed E-state index contributed by atoms with van der Waals surface area (Å²) in [5.74, 6) is -4.69. The highest BCUT2D eigenvalue weighted by Crippen LogP contribution is 2.14. The molecule has 15 nitrogen and oxygen atoms in total. The van der Waals surface area contributed by atoms with Gasteiger partial charge in [-0.15, -0.1) is 0 Å². The zero-order chi connectivity index (χ0) is 27.5. The molecular weight excluding hydrogens is 496 g/mol. The molecule has 0 aliphatic heterocycles. The monoisotopic (exact) mass is 522 g/mol. The molecule has 200 valence electrons. The Labute approximate surface area is 207 Å². The van der Waals surface area contributed by atoms with E-state index < -0.39 is 66.0 Å². The molecule has 1 amide bonds. The molecule has 1 aromatic carbocycles. The van der Waals surface area contributed by atoms with Gasteiger partial charge in [-0.3, -0.25) is 9.78 Å². The maximum Gasteiger partial charge on any atom is 0.407 e. The number of carbonyl (C=O) groups excluding carboxylic acids is 1. The van der Waals surface area contributed by atoms with Gasteiger partial charge < -0.3 is 25.4 Å². The van der Waals surface area contributed by atoms with Crippen LogP contribution in [0.2, 0.25) is 0 Å². The van der Waals surface area contributed by atoms with E-state index in [1.165, 1.54) is 0 Å². The van der Waals surface area contributed by atoms with Crippen LogP contribution in [-0.4, -0.2) is 60.0 Å². The zero-order valence-electron chi connectivity index (χ0n) is 19.5. The van der Waals surface area contributed by atoms with E-state index in [4.69, 9.17) is 9.84 Å². The number of aromatic amines is 1. The lowest BCUT2D eigenvalue weighted by Gasteiger charge is -2.18. The number of H-pyrrole nitrogens is 1. The number of alkyl carbamates (subject to hydrolysis) is 1. The van der Waals surface area contributed by atoms with Crippen molar-refractivity contribution >= 4 is 24.0 Å². The number of aliphatic carboxylic acids is 3. The predicted octanol–water partition coefficient (Wildman–Crippen LogP) is -0.0888. The lowest BCUT2D eigenvalue weighted by atomic mass is 10.1. The van der Waals surface area contributed by atoms with E-state index in [9.17, 15) is 43.8 Å². The fraction of sp³-hybridized carbons (Fsp3) is 0.409. The molecule has 0 fully saturated rings. The fourth-order valence-electron chi connectivity index (χ4n) is 3.46. The number of rotatable bonds is 14. The average Bonchev–Trinajstić information content (AvgIpc) is 2.83. The van der Waals surface area contributed by atoms with Crippen LogP contribution in [0.1, 0.15) is 49.8 Å². The summed E-state index contributed by atoms with van der Waals surface area (Å²) >= 11 is 0. The van der Waals surface area contributed by atoms with Gasteiger partial charge in [0, 0.05) is 13.0 Å². The standard InChI is InChI=1S/C22H26N4O11/c27-16(28)10-9-15(18(31)32)26-20(34)24-19(33)25(22(26)36)14(17(29)30)8-4-5-11-23-21(35)37-12-13-6-2-1-3-7-13/h1-3,6-7,14-15H,4-5,8-12H2,(H,23,35)(H,27,28)(H,29,30)(H,31,32)(H,24,33,34)/t14?,15-/m0/s1. The second-order valence-corrected chi connectivity index (χ2v) is 7.88. The Hall–Kier alpha value is -4.69. The molecule has 5 N–H and O–H groups in total. The van der Waals surface area contributed by atoms with Gasteiger partial charge in [0.2, 0.25) is 0 Å². The van der Waals surface area contributed by atoms with Crippen molar-refractivity contribution in [1.82, 2.24) is 19.4 Å². The van der Waals surface area contributed by atoms with Crippen LogP contribution in [0, 0.1) is 0 Å². The van der Waals surface area contributed by atoms with Crippen molar-refractivity contribution in [3.05, 3.63) is 67.3 Å². The van der Waals surface area contributed by atoms with Crippen molar-refractivity contribution in [1.29, 1.82) is 0 Å². The number of carboxylic acid groups (broad SMARTS) is 3. The molecule has 0 bridgehead atoms. The average molecular weight is 522 g/mol. The maximum atomic E-state index is 12.9. The van der Waals surface area contributed by atoms with E-state index in [1.54, 1.807) is 29.2 Å². The Morgan fingerprint density at radius 3 is 1.97 bits per heavy atom. The van der Waals surface area contributed by atoms with Gasteiger partial charge in [-0.25, -0.2) is 37.9 Å². The maximum absolute atomic E-state index is 12.9. The van der Waals surface area contributed by atoms with Gasteiger partial charge in [0.15, 0.2) is 0 Å². The van der Waals surface area contributed by atoms with Crippen LogP contribution in [0.15, 0.2) is 44.7 Å². The molecule has 1 aromatic heterocycles. The highest BCUT2D eigenvalue weighted by Gasteiger charge is 2.30. The van der Waals surface area contributed by atoms with Crippen LogP contribution < -0.4 is 22.4 Å². The molecule has 1 unspecified atom stereocenters. The van der Waals surface area contributed by atoms with Gasteiger partial charge in [0.25, 0.3) is 0 Å². The minimum absolute atomic E-state index is 0.0545. The number of aromatic nitrogens is 3. The van der Waals surface area contributed by atoms with Gasteiger partial charge in [0.1, 0.15) is 18.7 Å². The molecule has 0 saturated carbocycles. The van der Waals surface area contributed by atoms with Crippen LogP contribution in [0.3, 0.4) is 0 Å². The Balaban J connectivity index is 2.08. The van der Waals surface area contributed by atoms with Gasteiger partial charge >= 0.3 is 41.1 Å². The topological polar surface area (TPSA) is 227 Å². The van der Waals surface area contributed by atoms with Crippen LogP contribution >= 0.6 is 0 Å². The molecule has 0 aliphatic rings. The lowest BCUT2D eigenvalue weighted by Crippen LogP contribution is -2.54. The van der Waals surface area contributed by atoms with Crippen LogP contribution in [0.4, 0.5) is 4.79 Å². The minimum atomic E-state index is -1.94.